The van der Waals surface area contributed by atoms with Gasteiger partial charge in [-0.1, -0.05) is 38.0 Å². The fourth-order valence-electron chi connectivity index (χ4n) is 3.17. The Labute approximate surface area is 126 Å². The fraction of sp³-hybridized carbons (Fsp3) is 0.529. The molecule has 3 rings (SSSR count). The first-order valence-corrected chi connectivity index (χ1v) is 7.61. The highest BCUT2D eigenvalue weighted by Gasteiger charge is 2.33. The third-order valence-corrected chi connectivity index (χ3v) is 4.07. The summed E-state index contributed by atoms with van der Waals surface area (Å²) >= 11 is 0. The summed E-state index contributed by atoms with van der Waals surface area (Å²) in [5.41, 5.74) is 3.83. The lowest BCUT2D eigenvalue weighted by atomic mass is 9.85. The molecular weight excluding hydrogens is 260 g/mol. The van der Waals surface area contributed by atoms with Crippen molar-refractivity contribution < 1.29 is 0 Å². The van der Waals surface area contributed by atoms with E-state index in [0.717, 1.165) is 24.7 Å². The first-order valence-electron chi connectivity index (χ1n) is 7.61. The molecule has 2 aromatic rings. The van der Waals surface area contributed by atoms with Crippen LogP contribution in [0.4, 0.5) is 0 Å². The van der Waals surface area contributed by atoms with Crippen molar-refractivity contribution in [1.29, 1.82) is 0 Å². The lowest BCUT2D eigenvalue weighted by Crippen LogP contribution is -2.40. The molecule has 0 radical (unpaired) electrons. The minimum absolute atomic E-state index is 0.130. The number of rotatable bonds is 1. The second-order valence-electron chi connectivity index (χ2n) is 7.16. The average molecular weight is 284 g/mol. The summed E-state index contributed by atoms with van der Waals surface area (Å²) in [6.45, 7) is 12.9. The van der Waals surface area contributed by atoms with Crippen molar-refractivity contribution in [3.63, 3.8) is 0 Å². The zero-order valence-corrected chi connectivity index (χ0v) is 13.6. The van der Waals surface area contributed by atoms with Gasteiger partial charge in [0.05, 0.1) is 6.04 Å². The van der Waals surface area contributed by atoms with Crippen molar-refractivity contribution in [2.24, 2.45) is 5.41 Å². The zero-order valence-electron chi connectivity index (χ0n) is 13.6. The monoisotopic (exact) mass is 284 g/mol. The molecule has 1 aromatic carbocycles. The van der Waals surface area contributed by atoms with Crippen molar-refractivity contribution >= 4 is 0 Å². The Hall–Kier alpha value is -1.68. The Balaban J connectivity index is 2.09. The van der Waals surface area contributed by atoms with Crippen LogP contribution in [0.5, 0.6) is 0 Å². The van der Waals surface area contributed by atoms with Gasteiger partial charge in [-0.3, -0.25) is 0 Å². The Morgan fingerprint density at radius 3 is 2.38 bits per heavy atom. The van der Waals surface area contributed by atoms with E-state index in [4.69, 9.17) is 0 Å². The fourth-order valence-corrected chi connectivity index (χ4v) is 3.17. The smallest absolute Gasteiger partial charge is 0.164 e. The molecule has 0 fully saturated rings. The van der Waals surface area contributed by atoms with Crippen molar-refractivity contribution in [3.05, 3.63) is 35.2 Å². The van der Waals surface area contributed by atoms with Crippen LogP contribution in [0.1, 0.15) is 43.8 Å². The second-order valence-corrected chi connectivity index (χ2v) is 7.16. The number of hydrogen-bond acceptors (Lipinski definition) is 3. The Morgan fingerprint density at radius 1 is 1.10 bits per heavy atom. The van der Waals surface area contributed by atoms with Crippen molar-refractivity contribution in [2.45, 2.75) is 47.2 Å². The third-order valence-electron chi connectivity index (χ3n) is 4.07. The Bertz CT molecular complexity index is 644. The van der Waals surface area contributed by atoms with Crippen LogP contribution in [0.2, 0.25) is 0 Å². The SMILES string of the molecule is Cc1cc(C)cc(-c2nnc3n2CCNC3C(C)(C)C)c1. The number of aromatic nitrogens is 3. The molecule has 0 amide bonds. The van der Waals surface area contributed by atoms with Crippen LogP contribution in [-0.4, -0.2) is 21.3 Å². The van der Waals surface area contributed by atoms with E-state index in [0.29, 0.717) is 0 Å². The van der Waals surface area contributed by atoms with Crippen LogP contribution < -0.4 is 5.32 Å². The van der Waals surface area contributed by atoms with E-state index >= 15 is 0 Å². The average Bonchev–Trinajstić information content (AvgIpc) is 2.79. The van der Waals surface area contributed by atoms with E-state index in [1.54, 1.807) is 0 Å². The summed E-state index contributed by atoms with van der Waals surface area (Å²) in [5.74, 6) is 2.05. The minimum atomic E-state index is 0.130. The number of aryl methyl sites for hydroxylation is 2. The summed E-state index contributed by atoms with van der Waals surface area (Å²) in [7, 11) is 0. The molecule has 1 aliphatic heterocycles. The summed E-state index contributed by atoms with van der Waals surface area (Å²) < 4.78 is 2.28. The molecule has 4 heteroatoms. The number of nitrogens with one attached hydrogen (secondary N) is 1. The standard InChI is InChI=1S/C17H24N4/c1-11-8-12(2)10-13(9-11)15-19-20-16-14(17(3,4)5)18-6-7-21(15)16/h8-10,14,18H,6-7H2,1-5H3. The van der Waals surface area contributed by atoms with E-state index in [9.17, 15) is 0 Å². The first-order chi connectivity index (χ1) is 9.86. The van der Waals surface area contributed by atoms with E-state index in [1.807, 2.05) is 0 Å². The van der Waals surface area contributed by atoms with Gasteiger partial charge >= 0.3 is 0 Å². The highest BCUT2D eigenvalue weighted by atomic mass is 15.3. The summed E-state index contributed by atoms with van der Waals surface area (Å²) in [5, 5.41) is 12.6. The Morgan fingerprint density at radius 2 is 1.76 bits per heavy atom. The lowest BCUT2D eigenvalue weighted by molar-refractivity contribution is 0.234. The molecule has 1 N–H and O–H groups in total. The predicted molar refractivity (Wildman–Crippen MR) is 85.1 cm³/mol. The molecule has 0 spiro atoms. The van der Waals surface area contributed by atoms with Gasteiger partial charge in [0.2, 0.25) is 0 Å². The van der Waals surface area contributed by atoms with Crippen molar-refractivity contribution in [3.8, 4) is 11.4 Å². The lowest BCUT2D eigenvalue weighted by Gasteiger charge is -2.34. The van der Waals surface area contributed by atoms with Crippen LogP contribution >= 0.6 is 0 Å². The number of benzene rings is 1. The van der Waals surface area contributed by atoms with E-state index < -0.39 is 0 Å². The van der Waals surface area contributed by atoms with Crippen LogP contribution in [0.3, 0.4) is 0 Å². The van der Waals surface area contributed by atoms with E-state index in [1.165, 1.54) is 16.7 Å². The molecule has 21 heavy (non-hydrogen) atoms. The molecule has 0 saturated carbocycles. The van der Waals surface area contributed by atoms with Crippen LogP contribution in [0.25, 0.3) is 11.4 Å². The molecule has 2 heterocycles. The maximum absolute atomic E-state index is 4.49. The maximum Gasteiger partial charge on any atom is 0.164 e. The van der Waals surface area contributed by atoms with Crippen molar-refractivity contribution in [1.82, 2.24) is 20.1 Å². The zero-order chi connectivity index (χ0) is 15.2. The number of hydrogen-bond donors (Lipinski definition) is 1. The summed E-state index contributed by atoms with van der Waals surface area (Å²) in [4.78, 5) is 0. The quantitative estimate of drug-likeness (QED) is 0.874. The van der Waals surface area contributed by atoms with Gasteiger partial charge in [0, 0.05) is 18.7 Å². The first kappa shape index (κ1) is 14.3. The highest BCUT2D eigenvalue weighted by Crippen LogP contribution is 2.35. The molecule has 1 aliphatic rings. The second kappa shape index (κ2) is 4.95. The summed E-state index contributed by atoms with van der Waals surface area (Å²) in [6, 6.07) is 6.83. The van der Waals surface area contributed by atoms with Crippen LogP contribution in [-0.2, 0) is 6.54 Å². The molecular formula is C17H24N4. The van der Waals surface area contributed by atoms with Gasteiger partial charge in [-0.2, -0.15) is 0 Å². The molecule has 0 saturated heterocycles. The summed E-state index contributed by atoms with van der Waals surface area (Å²) in [6.07, 6.45) is 0. The topological polar surface area (TPSA) is 42.7 Å². The van der Waals surface area contributed by atoms with Crippen molar-refractivity contribution in [2.75, 3.05) is 6.54 Å². The molecule has 4 nitrogen and oxygen atoms in total. The van der Waals surface area contributed by atoms with E-state index in [-0.39, 0.29) is 11.5 Å². The predicted octanol–water partition coefficient (Wildman–Crippen LogP) is 3.25. The van der Waals surface area contributed by atoms with Gasteiger partial charge in [-0.15, -0.1) is 10.2 Å². The van der Waals surface area contributed by atoms with Gasteiger partial charge in [0.1, 0.15) is 0 Å². The van der Waals surface area contributed by atoms with Crippen LogP contribution in [0, 0.1) is 19.3 Å². The molecule has 1 aromatic heterocycles. The van der Waals surface area contributed by atoms with Crippen LogP contribution in [0.15, 0.2) is 18.2 Å². The van der Waals surface area contributed by atoms with Gasteiger partial charge in [-0.25, -0.2) is 0 Å². The van der Waals surface area contributed by atoms with Gasteiger partial charge in [0.25, 0.3) is 0 Å². The molecule has 1 unspecified atom stereocenters. The van der Waals surface area contributed by atoms with E-state index in [2.05, 4.69) is 72.9 Å². The molecule has 112 valence electrons. The number of fused-ring (bicyclic) bond motifs is 1. The molecule has 0 aliphatic carbocycles. The minimum Gasteiger partial charge on any atom is -0.308 e. The molecule has 0 bridgehead atoms. The van der Waals surface area contributed by atoms with Gasteiger partial charge in [0.15, 0.2) is 11.6 Å². The highest BCUT2D eigenvalue weighted by molar-refractivity contribution is 5.58. The van der Waals surface area contributed by atoms with Gasteiger partial charge < -0.3 is 9.88 Å². The maximum atomic E-state index is 4.49. The Kier molecular flexibility index (Phi) is 3.36. The molecule has 1 atom stereocenters. The third kappa shape index (κ3) is 2.60. The number of nitrogens with zero attached hydrogens (tertiary/aromatic N) is 3. The normalized spacial score (nSPS) is 18.6. The van der Waals surface area contributed by atoms with Gasteiger partial charge in [-0.05, 0) is 31.4 Å². The largest absolute Gasteiger partial charge is 0.308 e.